The van der Waals surface area contributed by atoms with Crippen LogP contribution in [0.4, 0.5) is 0 Å². The first-order chi connectivity index (χ1) is 8.49. The van der Waals surface area contributed by atoms with Crippen molar-refractivity contribution in [1.82, 2.24) is 9.88 Å². The second kappa shape index (κ2) is 4.84. The van der Waals surface area contributed by atoms with Crippen LogP contribution >= 0.6 is 0 Å². The van der Waals surface area contributed by atoms with Gasteiger partial charge in [0.2, 0.25) is 0 Å². The Labute approximate surface area is 106 Å². The minimum absolute atomic E-state index is 0.000187. The number of amides is 1. The molecule has 1 amide bonds. The summed E-state index contributed by atoms with van der Waals surface area (Å²) in [5, 5.41) is 11.7. The summed E-state index contributed by atoms with van der Waals surface area (Å²) >= 11 is 0. The lowest BCUT2D eigenvalue weighted by atomic mass is 10.1. The van der Waals surface area contributed by atoms with Crippen molar-refractivity contribution in [2.45, 2.75) is 32.2 Å². The first-order valence-electron chi connectivity index (χ1n) is 6.14. The van der Waals surface area contributed by atoms with Gasteiger partial charge >= 0.3 is 5.97 Å². The number of carboxylic acid groups (broad SMARTS) is 1. The van der Waals surface area contributed by atoms with Gasteiger partial charge in [0.05, 0.1) is 6.42 Å². The van der Waals surface area contributed by atoms with Gasteiger partial charge in [-0.05, 0) is 37.8 Å². The zero-order valence-corrected chi connectivity index (χ0v) is 10.6. The third-order valence-electron chi connectivity index (χ3n) is 3.51. The molecule has 1 unspecified atom stereocenters. The predicted octanol–water partition coefficient (Wildman–Crippen LogP) is 1.32. The van der Waals surface area contributed by atoms with Crippen molar-refractivity contribution in [3.63, 3.8) is 0 Å². The van der Waals surface area contributed by atoms with Crippen molar-refractivity contribution in [2.24, 2.45) is 13.0 Å². The molecule has 5 nitrogen and oxygen atoms in total. The third kappa shape index (κ3) is 2.72. The molecule has 1 atom stereocenters. The summed E-state index contributed by atoms with van der Waals surface area (Å²) in [7, 11) is 1.83. The molecule has 0 bridgehead atoms. The van der Waals surface area contributed by atoms with Gasteiger partial charge in [-0.15, -0.1) is 0 Å². The van der Waals surface area contributed by atoms with Crippen LogP contribution in [-0.4, -0.2) is 27.6 Å². The monoisotopic (exact) mass is 250 g/mol. The average Bonchev–Trinajstić information content (AvgIpc) is 3.06. The highest BCUT2D eigenvalue weighted by Crippen LogP contribution is 2.34. The van der Waals surface area contributed by atoms with Crippen LogP contribution < -0.4 is 5.32 Å². The number of aliphatic carboxylic acids is 1. The molecule has 2 rings (SSSR count). The van der Waals surface area contributed by atoms with E-state index in [2.05, 4.69) is 5.32 Å². The van der Waals surface area contributed by atoms with E-state index < -0.39 is 5.97 Å². The Hall–Kier alpha value is -1.78. The van der Waals surface area contributed by atoms with Gasteiger partial charge in [0.25, 0.3) is 5.91 Å². The molecule has 1 aromatic heterocycles. The van der Waals surface area contributed by atoms with E-state index in [9.17, 15) is 9.59 Å². The highest BCUT2D eigenvalue weighted by molar-refractivity contribution is 5.93. The number of aryl methyl sites for hydroxylation is 1. The smallest absolute Gasteiger partial charge is 0.305 e. The summed E-state index contributed by atoms with van der Waals surface area (Å²) in [5.41, 5.74) is 1.57. The van der Waals surface area contributed by atoms with Gasteiger partial charge in [-0.3, -0.25) is 9.59 Å². The first kappa shape index (κ1) is 12.7. The van der Waals surface area contributed by atoms with E-state index in [-0.39, 0.29) is 18.4 Å². The number of carboxylic acids is 1. The summed E-state index contributed by atoms with van der Waals surface area (Å²) < 4.78 is 1.81. The molecule has 1 aromatic rings. The second-order valence-corrected chi connectivity index (χ2v) is 4.93. The van der Waals surface area contributed by atoms with Crippen molar-refractivity contribution in [3.8, 4) is 0 Å². The molecule has 1 heterocycles. The molecule has 5 heteroatoms. The van der Waals surface area contributed by atoms with Gasteiger partial charge in [-0.25, -0.2) is 0 Å². The first-order valence-corrected chi connectivity index (χ1v) is 6.14. The van der Waals surface area contributed by atoms with Crippen molar-refractivity contribution in [2.75, 3.05) is 0 Å². The Balaban J connectivity index is 2.04. The molecule has 0 aliphatic heterocycles. The fraction of sp³-hybridized carbons (Fsp3) is 0.538. The maximum atomic E-state index is 12.1. The minimum Gasteiger partial charge on any atom is -0.481 e. The Kier molecular flexibility index (Phi) is 3.41. The average molecular weight is 250 g/mol. The van der Waals surface area contributed by atoms with Crippen LogP contribution in [0.1, 0.15) is 35.4 Å². The molecule has 98 valence electrons. The maximum Gasteiger partial charge on any atom is 0.305 e. The van der Waals surface area contributed by atoms with Crippen LogP contribution in [0.2, 0.25) is 0 Å². The topological polar surface area (TPSA) is 71.3 Å². The zero-order valence-electron chi connectivity index (χ0n) is 10.6. The van der Waals surface area contributed by atoms with E-state index in [4.69, 9.17) is 5.11 Å². The number of nitrogens with one attached hydrogen (secondary N) is 1. The number of hydrogen-bond donors (Lipinski definition) is 2. The van der Waals surface area contributed by atoms with E-state index >= 15 is 0 Å². The molecule has 0 radical (unpaired) electrons. The Morgan fingerprint density at radius 3 is 2.61 bits per heavy atom. The number of hydrogen-bond acceptors (Lipinski definition) is 2. The van der Waals surface area contributed by atoms with Crippen LogP contribution in [0.5, 0.6) is 0 Å². The molecule has 1 aliphatic rings. The van der Waals surface area contributed by atoms with Crippen LogP contribution in [0.3, 0.4) is 0 Å². The van der Waals surface area contributed by atoms with Crippen LogP contribution in [0.25, 0.3) is 0 Å². The van der Waals surface area contributed by atoms with E-state index in [1.807, 2.05) is 20.0 Å². The highest BCUT2D eigenvalue weighted by Gasteiger charge is 2.34. The fourth-order valence-corrected chi connectivity index (χ4v) is 2.11. The molecule has 0 spiro atoms. The third-order valence-corrected chi connectivity index (χ3v) is 3.51. The van der Waals surface area contributed by atoms with E-state index in [0.717, 1.165) is 18.5 Å². The van der Waals surface area contributed by atoms with Crippen molar-refractivity contribution in [1.29, 1.82) is 0 Å². The largest absolute Gasteiger partial charge is 0.481 e. The Morgan fingerprint density at radius 2 is 2.17 bits per heavy atom. The summed E-state index contributed by atoms with van der Waals surface area (Å²) in [5.74, 6) is -0.731. The molecular weight excluding hydrogens is 232 g/mol. The fourth-order valence-electron chi connectivity index (χ4n) is 2.11. The molecule has 18 heavy (non-hydrogen) atoms. The SMILES string of the molecule is Cc1ccc(C(=O)NC(CC(=O)O)C2CC2)n1C. The number of rotatable bonds is 5. The Bertz CT molecular complexity index is 475. The lowest BCUT2D eigenvalue weighted by Gasteiger charge is -2.16. The van der Waals surface area contributed by atoms with Gasteiger partial charge in [0.15, 0.2) is 0 Å². The van der Waals surface area contributed by atoms with Crippen molar-refractivity contribution >= 4 is 11.9 Å². The van der Waals surface area contributed by atoms with Gasteiger partial charge < -0.3 is 15.0 Å². The molecule has 2 N–H and O–H groups in total. The van der Waals surface area contributed by atoms with Gasteiger partial charge in [-0.2, -0.15) is 0 Å². The normalized spacial score (nSPS) is 16.3. The van der Waals surface area contributed by atoms with E-state index in [1.54, 1.807) is 10.6 Å². The van der Waals surface area contributed by atoms with Crippen LogP contribution in [0.15, 0.2) is 12.1 Å². The maximum absolute atomic E-state index is 12.1. The zero-order chi connectivity index (χ0) is 13.3. The number of aromatic nitrogens is 1. The number of carbonyl (C=O) groups excluding carboxylic acids is 1. The van der Waals surface area contributed by atoms with Crippen LogP contribution in [-0.2, 0) is 11.8 Å². The summed E-state index contributed by atoms with van der Waals surface area (Å²) in [6, 6.07) is 3.39. The van der Waals surface area contributed by atoms with Gasteiger partial charge in [-0.1, -0.05) is 0 Å². The number of carbonyl (C=O) groups is 2. The standard InChI is InChI=1S/C13H18N2O3/c1-8-3-6-11(15(8)2)13(18)14-10(7-12(16)17)9-4-5-9/h3,6,9-10H,4-5,7H2,1-2H3,(H,14,18)(H,16,17). The summed E-state index contributed by atoms with van der Waals surface area (Å²) in [6.45, 7) is 1.92. The van der Waals surface area contributed by atoms with Crippen LogP contribution in [0, 0.1) is 12.8 Å². The molecule has 1 aliphatic carbocycles. The predicted molar refractivity (Wildman–Crippen MR) is 66.4 cm³/mol. The second-order valence-electron chi connectivity index (χ2n) is 4.93. The molecule has 1 fully saturated rings. The quantitative estimate of drug-likeness (QED) is 0.827. The van der Waals surface area contributed by atoms with Crippen molar-refractivity contribution < 1.29 is 14.7 Å². The Morgan fingerprint density at radius 1 is 1.50 bits per heavy atom. The van der Waals surface area contributed by atoms with E-state index in [0.29, 0.717) is 11.6 Å². The molecular formula is C13H18N2O3. The lowest BCUT2D eigenvalue weighted by Crippen LogP contribution is -2.38. The lowest BCUT2D eigenvalue weighted by molar-refractivity contribution is -0.137. The van der Waals surface area contributed by atoms with E-state index in [1.165, 1.54) is 0 Å². The molecule has 0 aromatic carbocycles. The highest BCUT2D eigenvalue weighted by atomic mass is 16.4. The van der Waals surface area contributed by atoms with Gasteiger partial charge in [0.1, 0.15) is 5.69 Å². The minimum atomic E-state index is -0.865. The van der Waals surface area contributed by atoms with Gasteiger partial charge in [0, 0.05) is 18.8 Å². The van der Waals surface area contributed by atoms with Crippen molar-refractivity contribution in [3.05, 3.63) is 23.5 Å². The molecule has 1 saturated carbocycles. The summed E-state index contributed by atoms with van der Waals surface area (Å²) in [6.07, 6.45) is 2.01. The molecule has 0 saturated heterocycles. The summed E-state index contributed by atoms with van der Waals surface area (Å²) in [4.78, 5) is 22.9. The number of nitrogens with zero attached hydrogens (tertiary/aromatic N) is 1.